The summed E-state index contributed by atoms with van der Waals surface area (Å²) in [6.07, 6.45) is 2.01. The molecule has 3 rings (SSSR count). The summed E-state index contributed by atoms with van der Waals surface area (Å²) in [4.78, 5) is 15.5. The molecular weight excluding hydrogens is 440 g/mol. The summed E-state index contributed by atoms with van der Waals surface area (Å²) >= 11 is 8.32. The van der Waals surface area contributed by atoms with E-state index in [2.05, 4.69) is 66.3 Å². The molecular formula is C17H18Br2N2OS. The number of carbonyl (C=O) groups is 1. The number of rotatable bonds is 4. The van der Waals surface area contributed by atoms with Gasteiger partial charge in [0.2, 0.25) is 0 Å². The van der Waals surface area contributed by atoms with Crippen molar-refractivity contribution in [1.82, 2.24) is 10.2 Å². The predicted molar refractivity (Wildman–Crippen MR) is 102 cm³/mol. The van der Waals surface area contributed by atoms with Gasteiger partial charge in [-0.05, 0) is 56.3 Å². The zero-order chi connectivity index (χ0) is 16.2. The van der Waals surface area contributed by atoms with E-state index in [-0.39, 0.29) is 11.9 Å². The third kappa shape index (κ3) is 4.66. The summed E-state index contributed by atoms with van der Waals surface area (Å²) in [6.45, 7) is 3.04. The average molecular weight is 458 g/mol. The summed E-state index contributed by atoms with van der Waals surface area (Å²) in [6, 6.07) is 12.7. The Labute approximate surface area is 157 Å². The fourth-order valence-electron chi connectivity index (χ4n) is 2.79. The molecule has 1 N–H and O–H groups in total. The fraction of sp³-hybridized carbons (Fsp3) is 0.353. The number of halogens is 2. The number of amides is 1. The molecule has 2 heterocycles. The molecule has 1 amide bonds. The van der Waals surface area contributed by atoms with E-state index in [1.807, 2.05) is 12.1 Å². The molecule has 1 aromatic heterocycles. The Hall–Kier alpha value is -0.690. The Balaban J connectivity index is 1.48. The number of carbonyl (C=O) groups excluding carboxylic acids is 1. The van der Waals surface area contributed by atoms with E-state index in [9.17, 15) is 4.79 Å². The lowest BCUT2D eigenvalue weighted by atomic mass is 10.0. The van der Waals surface area contributed by atoms with E-state index < -0.39 is 0 Å². The summed E-state index contributed by atoms with van der Waals surface area (Å²) in [5, 5.41) is 3.16. The topological polar surface area (TPSA) is 32.3 Å². The minimum Gasteiger partial charge on any atom is -0.349 e. The lowest BCUT2D eigenvalue weighted by Crippen LogP contribution is -2.44. The van der Waals surface area contributed by atoms with Gasteiger partial charge in [-0.3, -0.25) is 9.69 Å². The van der Waals surface area contributed by atoms with Crippen LogP contribution < -0.4 is 5.32 Å². The Bertz CT molecular complexity index is 647. The maximum Gasteiger partial charge on any atom is 0.261 e. The van der Waals surface area contributed by atoms with Crippen molar-refractivity contribution in [3.8, 4) is 0 Å². The van der Waals surface area contributed by atoms with Crippen molar-refractivity contribution < 1.29 is 4.79 Å². The van der Waals surface area contributed by atoms with Crippen LogP contribution in [0.25, 0.3) is 0 Å². The first-order valence-corrected chi connectivity index (χ1v) is 10.0. The Morgan fingerprint density at radius 3 is 2.52 bits per heavy atom. The highest BCUT2D eigenvalue weighted by atomic mass is 79.9. The second kappa shape index (κ2) is 7.92. The molecule has 2 aromatic rings. The smallest absolute Gasteiger partial charge is 0.261 e. The number of benzene rings is 1. The van der Waals surface area contributed by atoms with Crippen molar-refractivity contribution in [2.75, 3.05) is 13.1 Å². The molecule has 1 saturated heterocycles. The quantitative estimate of drug-likeness (QED) is 0.723. The lowest BCUT2D eigenvalue weighted by molar-refractivity contribution is 0.0913. The van der Waals surface area contributed by atoms with Crippen LogP contribution in [0.5, 0.6) is 0 Å². The third-order valence-corrected chi connectivity index (χ3v) is 7.30. The standard InChI is InChI=1S/C17H18Br2N2OS/c18-14-10-15(23-16(14)19)17(22)20-13-6-8-21(9-7-13)11-12-4-2-1-3-5-12/h1-5,10,13H,6-9,11H2,(H,20,22). The fourth-order valence-corrected chi connectivity index (χ4v) is 4.73. The molecule has 122 valence electrons. The highest BCUT2D eigenvalue weighted by Crippen LogP contribution is 2.32. The summed E-state index contributed by atoms with van der Waals surface area (Å²) in [5.74, 6) is 0.0305. The third-order valence-electron chi connectivity index (χ3n) is 4.04. The first-order valence-electron chi connectivity index (χ1n) is 7.64. The van der Waals surface area contributed by atoms with Crippen molar-refractivity contribution in [2.24, 2.45) is 0 Å². The number of nitrogens with zero attached hydrogens (tertiary/aromatic N) is 1. The molecule has 1 fully saturated rings. The van der Waals surface area contributed by atoms with Crippen molar-refractivity contribution in [3.63, 3.8) is 0 Å². The maximum atomic E-state index is 12.3. The van der Waals surface area contributed by atoms with Gasteiger partial charge in [0.05, 0.1) is 8.66 Å². The largest absolute Gasteiger partial charge is 0.349 e. The molecule has 1 aliphatic rings. The van der Waals surface area contributed by atoms with Crippen LogP contribution >= 0.6 is 43.2 Å². The highest BCUT2D eigenvalue weighted by Gasteiger charge is 2.22. The van der Waals surface area contributed by atoms with Crippen LogP contribution in [-0.4, -0.2) is 29.9 Å². The van der Waals surface area contributed by atoms with Gasteiger partial charge in [0.25, 0.3) is 5.91 Å². The van der Waals surface area contributed by atoms with E-state index >= 15 is 0 Å². The van der Waals surface area contributed by atoms with Gasteiger partial charge < -0.3 is 5.32 Å². The highest BCUT2D eigenvalue weighted by molar-refractivity contribution is 9.13. The van der Waals surface area contributed by atoms with Crippen LogP contribution in [0.1, 0.15) is 28.1 Å². The summed E-state index contributed by atoms with van der Waals surface area (Å²) in [5.41, 5.74) is 1.35. The molecule has 1 aromatic carbocycles. The number of hydrogen-bond acceptors (Lipinski definition) is 3. The van der Waals surface area contributed by atoms with Crippen molar-refractivity contribution in [1.29, 1.82) is 0 Å². The van der Waals surface area contributed by atoms with Crippen LogP contribution in [0.15, 0.2) is 44.7 Å². The van der Waals surface area contributed by atoms with Gasteiger partial charge in [-0.1, -0.05) is 30.3 Å². The van der Waals surface area contributed by atoms with Gasteiger partial charge in [-0.15, -0.1) is 11.3 Å². The van der Waals surface area contributed by atoms with Gasteiger partial charge in [-0.25, -0.2) is 0 Å². The first kappa shape index (κ1) is 17.1. The second-order valence-corrected chi connectivity index (χ2v) is 8.97. The van der Waals surface area contributed by atoms with Gasteiger partial charge in [0.1, 0.15) is 0 Å². The SMILES string of the molecule is O=C(NC1CCN(Cc2ccccc2)CC1)c1cc(Br)c(Br)s1. The lowest BCUT2D eigenvalue weighted by Gasteiger charge is -2.32. The van der Waals surface area contributed by atoms with Crippen LogP contribution in [0, 0.1) is 0 Å². The van der Waals surface area contributed by atoms with E-state index in [0.717, 1.165) is 45.6 Å². The Morgan fingerprint density at radius 2 is 1.91 bits per heavy atom. The van der Waals surface area contributed by atoms with Crippen molar-refractivity contribution in [2.45, 2.75) is 25.4 Å². The van der Waals surface area contributed by atoms with E-state index in [1.54, 1.807) is 0 Å². The zero-order valence-electron chi connectivity index (χ0n) is 12.6. The zero-order valence-corrected chi connectivity index (χ0v) is 16.6. The maximum absolute atomic E-state index is 12.3. The van der Waals surface area contributed by atoms with Gasteiger partial charge >= 0.3 is 0 Å². The molecule has 0 radical (unpaired) electrons. The number of thiophene rings is 1. The molecule has 0 bridgehead atoms. The van der Waals surface area contributed by atoms with Crippen molar-refractivity contribution >= 4 is 49.1 Å². The minimum atomic E-state index is 0.0305. The number of likely N-dealkylation sites (tertiary alicyclic amines) is 1. The predicted octanol–water partition coefficient (Wildman–Crippen LogP) is 4.67. The molecule has 23 heavy (non-hydrogen) atoms. The van der Waals surface area contributed by atoms with Gasteiger partial charge in [-0.2, -0.15) is 0 Å². The van der Waals surface area contributed by atoms with Crippen LogP contribution in [0.3, 0.4) is 0 Å². The number of piperidine rings is 1. The number of hydrogen-bond donors (Lipinski definition) is 1. The Morgan fingerprint density at radius 1 is 1.22 bits per heavy atom. The van der Waals surface area contributed by atoms with Gasteiger partial charge in [0.15, 0.2) is 0 Å². The molecule has 1 aliphatic heterocycles. The Kier molecular flexibility index (Phi) is 5.91. The molecule has 6 heteroatoms. The first-order chi connectivity index (χ1) is 11.1. The molecule has 0 aliphatic carbocycles. The molecule has 3 nitrogen and oxygen atoms in total. The van der Waals surface area contributed by atoms with Crippen molar-refractivity contribution in [3.05, 3.63) is 55.1 Å². The van der Waals surface area contributed by atoms with Crippen LogP contribution in [0.4, 0.5) is 0 Å². The van der Waals surface area contributed by atoms with Crippen LogP contribution in [-0.2, 0) is 6.54 Å². The second-order valence-electron chi connectivity index (χ2n) is 5.74. The van der Waals surface area contributed by atoms with E-state index in [1.165, 1.54) is 16.9 Å². The summed E-state index contributed by atoms with van der Waals surface area (Å²) in [7, 11) is 0. The molecule has 0 unspecified atom stereocenters. The molecule has 0 atom stereocenters. The van der Waals surface area contributed by atoms with Gasteiger partial charge in [0, 0.05) is 30.1 Å². The van der Waals surface area contributed by atoms with E-state index in [0.29, 0.717) is 0 Å². The molecule has 0 saturated carbocycles. The summed E-state index contributed by atoms with van der Waals surface area (Å²) < 4.78 is 1.89. The average Bonchev–Trinajstić information content (AvgIpc) is 2.90. The minimum absolute atomic E-state index is 0.0305. The monoisotopic (exact) mass is 456 g/mol. The van der Waals surface area contributed by atoms with E-state index in [4.69, 9.17) is 0 Å². The molecule has 0 spiro atoms. The number of nitrogens with one attached hydrogen (secondary N) is 1. The normalized spacial score (nSPS) is 16.4. The van der Waals surface area contributed by atoms with Crippen LogP contribution in [0.2, 0.25) is 0 Å².